The lowest BCUT2D eigenvalue weighted by atomic mass is 10.0. The van der Waals surface area contributed by atoms with Crippen molar-refractivity contribution in [3.8, 4) is 11.1 Å². The molecule has 1 N–H and O–H groups in total. The van der Waals surface area contributed by atoms with Crippen LogP contribution in [-0.2, 0) is 0 Å². The molecule has 0 heterocycles. The first-order valence-electron chi connectivity index (χ1n) is 5.84. The molecular weight excluding hydrogens is 265 g/mol. The number of benzene rings is 2. The Morgan fingerprint density at radius 1 is 0.944 bits per heavy atom. The first-order valence-corrected chi connectivity index (χ1v) is 6.60. The quantitative estimate of drug-likeness (QED) is 0.839. The maximum absolute atomic E-state index is 6.05. The molecule has 18 heavy (non-hydrogen) atoms. The average Bonchev–Trinajstić information content (AvgIpc) is 2.41. The summed E-state index contributed by atoms with van der Waals surface area (Å²) in [6, 6.07) is 14.4. The number of hydrogen-bond acceptors (Lipinski definition) is 1. The van der Waals surface area contributed by atoms with E-state index in [1.165, 1.54) is 5.56 Å². The predicted octanol–water partition coefficient (Wildman–Crippen LogP) is 4.94. The lowest BCUT2D eigenvalue weighted by Crippen LogP contribution is -2.12. The monoisotopic (exact) mass is 279 g/mol. The number of halogens is 2. The first-order chi connectivity index (χ1) is 8.61. The van der Waals surface area contributed by atoms with Crippen molar-refractivity contribution in [2.45, 2.75) is 13.0 Å². The van der Waals surface area contributed by atoms with Gasteiger partial charge in [-0.05, 0) is 48.9 Å². The Morgan fingerprint density at radius 3 is 2.33 bits per heavy atom. The third kappa shape index (κ3) is 2.86. The Labute approximate surface area is 118 Å². The van der Waals surface area contributed by atoms with E-state index < -0.39 is 0 Å². The van der Waals surface area contributed by atoms with Crippen molar-refractivity contribution in [1.29, 1.82) is 0 Å². The zero-order valence-electron chi connectivity index (χ0n) is 10.4. The number of rotatable bonds is 3. The van der Waals surface area contributed by atoms with Crippen LogP contribution in [0.4, 0.5) is 0 Å². The van der Waals surface area contributed by atoms with Gasteiger partial charge in [0.05, 0.1) is 10.0 Å². The highest BCUT2D eigenvalue weighted by Crippen LogP contribution is 2.29. The van der Waals surface area contributed by atoms with Gasteiger partial charge in [-0.25, -0.2) is 0 Å². The largest absolute Gasteiger partial charge is 0.313 e. The summed E-state index contributed by atoms with van der Waals surface area (Å²) in [5.74, 6) is 0. The maximum atomic E-state index is 6.05. The Morgan fingerprint density at radius 2 is 1.67 bits per heavy atom. The van der Waals surface area contributed by atoms with Gasteiger partial charge in [0.1, 0.15) is 0 Å². The van der Waals surface area contributed by atoms with Crippen LogP contribution in [0.3, 0.4) is 0 Å². The highest BCUT2D eigenvalue weighted by molar-refractivity contribution is 6.42. The van der Waals surface area contributed by atoms with Gasteiger partial charge in [0.25, 0.3) is 0 Å². The van der Waals surface area contributed by atoms with Crippen LogP contribution in [-0.4, -0.2) is 7.05 Å². The van der Waals surface area contributed by atoms with Gasteiger partial charge in [-0.15, -0.1) is 0 Å². The SMILES string of the molecule is CNC(C)c1cccc(-c2ccc(Cl)c(Cl)c2)c1. The minimum absolute atomic E-state index is 0.327. The fourth-order valence-electron chi connectivity index (χ4n) is 1.83. The van der Waals surface area contributed by atoms with Gasteiger partial charge in [-0.2, -0.15) is 0 Å². The molecule has 0 amide bonds. The van der Waals surface area contributed by atoms with Crippen LogP contribution in [0.15, 0.2) is 42.5 Å². The van der Waals surface area contributed by atoms with Crippen LogP contribution in [0.5, 0.6) is 0 Å². The van der Waals surface area contributed by atoms with Crippen LogP contribution < -0.4 is 5.32 Å². The van der Waals surface area contributed by atoms with Gasteiger partial charge in [0.15, 0.2) is 0 Å². The summed E-state index contributed by atoms with van der Waals surface area (Å²) in [6.07, 6.45) is 0. The minimum Gasteiger partial charge on any atom is -0.313 e. The molecule has 2 rings (SSSR count). The third-order valence-electron chi connectivity index (χ3n) is 3.07. The van der Waals surface area contributed by atoms with Crippen LogP contribution in [0.1, 0.15) is 18.5 Å². The Kier molecular flexibility index (Phi) is 4.28. The van der Waals surface area contributed by atoms with E-state index in [2.05, 4.69) is 36.5 Å². The second-order valence-electron chi connectivity index (χ2n) is 4.26. The van der Waals surface area contributed by atoms with Crippen molar-refractivity contribution in [2.75, 3.05) is 7.05 Å². The highest BCUT2D eigenvalue weighted by atomic mass is 35.5. The van der Waals surface area contributed by atoms with Gasteiger partial charge in [-0.3, -0.25) is 0 Å². The smallest absolute Gasteiger partial charge is 0.0598 e. The van der Waals surface area contributed by atoms with E-state index in [0.29, 0.717) is 16.1 Å². The van der Waals surface area contributed by atoms with E-state index in [4.69, 9.17) is 23.2 Å². The Bertz CT molecular complexity index is 552. The zero-order chi connectivity index (χ0) is 13.1. The molecule has 0 aliphatic heterocycles. The molecule has 0 spiro atoms. The van der Waals surface area contributed by atoms with Crippen LogP contribution in [0.2, 0.25) is 10.0 Å². The van der Waals surface area contributed by atoms with Gasteiger partial charge >= 0.3 is 0 Å². The van der Waals surface area contributed by atoms with Gasteiger partial charge < -0.3 is 5.32 Å². The summed E-state index contributed by atoms with van der Waals surface area (Å²) in [6.45, 7) is 2.13. The van der Waals surface area contributed by atoms with Crippen molar-refractivity contribution in [3.05, 3.63) is 58.1 Å². The van der Waals surface area contributed by atoms with E-state index in [0.717, 1.165) is 11.1 Å². The molecule has 0 aliphatic carbocycles. The number of hydrogen-bond donors (Lipinski definition) is 1. The van der Waals surface area contributed by atoms with E-state index in [1.54, 1.807) is 0 Å². The average molecular weight is 280 g/mol. The van der Waals surface area contributed by atoms with Crippen molar-refractivity contribution in [2.24, 2.45) is 0 Å². The second kappa shape index (κ2) is 5.75. The van der Waals surface area contributed by atoms with Gasteiger partial charge in [0.2, 0.25) is 0 Å². The van der Waals surface area contributed by atoms with Crippen LogP contribution >= 0.6 is 23.2 Å². The van der Waals surface area contributed by atoms with Crippen LogP contribution in [0.25, 0.3) is 11.1 Å². The molecule has 0 bridgehead atoms. The molecule has 2 aromatic rings. The molecule has 94 valence electrons. The molecule has 1 unspecified atom stereocenters. The summed E-state index contributed by atoms with van der Waals surface area (Å²) >= 11 is 12.0. The molecule has 0 radical (unpaired) electrons. The molecule has 0 aliphatic rings. The van der Waals surface area contributed by atoms with Crippen molar-refractivity contribution in [1.82, 2.24) is 5.32 Å². The fraction of sp³-hybridized carbons (Fsp3) is 0.200. The summed E-state index contributed by atoms with van der Waals surface area (Å²) in [5.41, 5.74) is 3.48. The standard InChI is InChI=1S/C15H15Cl2N/c1-10(18-2)11-4-3-5-12(8-11)13-6-7-14(16)15(17)9-13/h3-10,18H,1-2H3. The summed E-state index contributed by atoms with van der Waals surface area (Å²) in [4.78, 5) is 0. The van der Waals surface area contributed by atoms with E-state index in [-0.39, 0.29) is 0 Å². The van der Waals surface area contributed by atoms with Crippen molar-refractivity contribution in [3.63, 3.8) is 0 Å². The summed E-state index contributed by atoms with van der Waals surface area (Å²) < 4.78 is 0. The normalized spacial score (nSPS) is 12.4. The van der Waals surface area contributed by atoms with Crippen molar-refractivity contribution >= 4 is 23.2 Å². The van der Waals surface area contributed by atoms with Crippen molar-refractivity contribution < 1.29 is 0 Å². The maximum Gasteiger partial charge on any atom is 0.0598 e. The lowest BCUT2D eigenvalue weighted by molar-refractivity contribution is 0.652. The molecular formula is C15H15Cl2N. The molecule has 1 atom stereocenters. The predicted molar refractivity (Wildman–Crippen MR) is 79.4 cm³/mol. The molecule has 0 fully saturated rings. The first kappa shape index (κ1) is 13.4. The fourth-order valence-corrected chi connectivity index (χ4v) is 2.13. The zero-order valence-corrected chi connectivity index (χ0v) is 11.9. The summed E-state index contributed by atoms with van der Waals surface area (Å²) in [7, 11) is 1.95. The van der Waals surface area contributed by atoms with E-state index in [1.807, 2.05) is 25.2 Å². The lowest BCUT2D eigenvalue weighted by Gasteiger charge is -2.12. The van der Waals surface area contributed by atoms with E-state index >= 15 is 0 Å². The minimum atomic E-state index is 0.327. The molecule has 3 heteroatoms. The Hall–Kier alpha value is -1.02. The molecule has 0 saturated heterocycles. The molecule has 1 nitrogen and oxygen atoms in total. The molecule has 2 aromatic carbocycles. The Balaban J connectivity index is 2.41. The van der Waals surface area contributed by atoms with Gasteiger partial charge in [-0.1, -0.05) is 47.5 Å². The highest BCUT2D eigenvalue weighted by Gasteiger charge is 2.06. The third-order valence-corrected chi connectivity index (χ3v) is 3.81. The number of nitrogens with one attached hydrogen (secondary N) is 1. The molecule has 0 aromatic heterocycles. The van der Waals surface area contributed by atoms with E-state index in [9.17, 15) is 0 Å². The van der Waals surface area contributed by atoms with Crippen LogP contribution in [0, 0.1) is 0 Å². The topological polar surface area (TPSA) is 12.0 Å². The molecule has 0 saturated carbocycles. The summed E-state index contributed by atoms with van der Waals surface area (Å²) in [5, 5.41) is 4.40. The second-order valence-corrected chi connectivity index (χ2v) is 5.08. The van der Waals surface area contributed by atoms with Gasteiger partial charge in [0, 0.05) is 6.04 Å².